The van der Waals surface area contributed by atoms with Crippen molar-refractivity contribution in [3.63, 3.8) is 0 Å². The molecule has 0 unspecified atom stereocenters. The van der Waals surface area contributed by atoms with Crippen molar-refractivity contribution in [3.8, 4) is 21.8 Å². The first-order valence-electron chi connectivity index (χ1n) is 7.74. The van der Waals surface area contributed by atoms with Crippen molar-refractivity contribution in [1.29, 1.82) is 0 Å². The second kappa shape index (κ2) is 5.80. The fourth-order valence-corrected chi connectivity index (χ4v) is 4.06. The van der Waals surface area contributed by atoms with E-state index in [1.165, 1.54) is 23.3 Å². The van der Waals surface area contributed by atoms with Gasteiger partial charge in [0.2, 0.25) is 5.69 Å². The lowest BCUT2D eigenvalue weighted by molar-refractivity contribution is -0.659. The van der Waals surface area contributed by atoms with Gasteiger partial charge in [-0.3, -0.25) is 0 Å². The molecule has 4 aromatic rings. The Kier molecular flexibility index (Phi) is 3.62. The highest BCUT2D eigenvalue weighted by atomic mass is 32.1. The summed E-state index contributed by atoms with van der Waals surface area (Å²) < 4.78 is 16.5. The van der Waals surface area contributed by atoms with E-state index in [-0.39, 0.29) is 5.82 Å². The first-order valence-corrected chi connectivity index (χ1v) is 8.56. The van der Waals surface area contributed by atoms with Crippen LogP contribution in [0.15, 0.2) is 60.8 Å². The summed E-state index contributed by atoms with van der Waals surface area (Å²) in [7, 11) is 2.05. The summed E-state index contributed by atoms with van der Waals surface area (Å²) >= 11 is 1.65. The summed E-state index contributed by atoms with van der Waals surface area (Å²) in [5.74, 6) is -0.230. The first kappa shape index (κ1) is 15.0. The lowest BCUT2D eigenvalue weighted by Crippen LogP contribution is -2.30. The molecule has 2 heterocycles. The van der Waals surface area contributed by atoms with Gasteiger partial charge in [0.05, 0.1) is 11.1 Å². The van der Waals surface area contributed by atoms with Gasteiger partial charge in [0.15, 0.2) is 6.20 Å². The summed E-state index contributed by atoms with van der Waals surface area (Å²) in [4.78, 5) is 4.75. The van der Waals surface area contributed by atoms with Gasteiger partial charge >= 0.3 is 0 Å². The minimum atomic E-state index is -0.230. The van der Waals surface area contributed by atoms with Crippen molar-refractivity contribution in [3.05, 3.63) is 72.2 Å². The smallest absolute Gasteiger partial charge is 0.232 e. The van der Waals surface area contributed by atoms with Crippen LogP contribution in [0.1, 0.15) is 5.56 Å². The predicted molar refractivity (Wildman–Crippen MR) is 96.4 cm³/mol. The molecule has 2 aromatic heterocycles. The van der Waals surface area contributed by atoms with Gasteiger partial charge in [-0.1, -0.05) is 18.2 Å². The minimum absolute atomic E-state index is 0.230. The molecule has 0 fully saturated rings. The Hall–Kier alpha value is -2.59. The molecule has 0 aliphatic carbocycles. The molecule has 0 aliphatic rings. The highest BCUT2D eigenvalue weighted by molar-refractivity contribution is 7.22. The predicted octanol–water partition coefficient (Wildman–Crippen LogP) is 4.90. The van der Waals surface area contributed by atoms with Crippen LogP contribution >= 0.6 is 11.3 Å². The van der Waals surface area contributed by atoms with Gasteiger partial charge in [-0.15, -0.1) is 11.3 Å². The fourth-order valence-electron chi connectivity index (χ4n) is 2.90. The Morgan fingerprint density at radius 2 is 1.75 bits per heavy atom. The second-order valence-electron chi connectivity index (χ2n) is 5.83. The number of aryl methyl sites for hydroxylation is 2. The highest BCUT2D eigenvalue weighted by Gasteiger charge is 2.20. The van der Waals surface area contributed by atoms with Crippen molar-refractivity contribution in [2.24, 2.45) is 7.05 Å². The number of rotatable bonds is 2. The summed E-state index contributed by atoms with van der Waals surface area (Å²) in [6, 6.07) is 16.9. The molecule has 0 saturated heterocycles. The highest BCUT2D eigenvalue weighted by Crippen LogP contribution is 2.35. The van der Waals surface area contributed by atoms with Crippen LogP contribution < -0.4 is 4.57 Å². The standard InChI is InChI=1S/C20H16FN2S/c1-13-5-3-4-6-16(13)18-19-17(11-12-23(18)2)22-20(24-19)14-7-9-15(21)10-8-14/h3-12H,1-2H3/q+1. The van der Waals surface area contributed by atoms with Gasteiger partial charge in [0, 0.05) is 11.6 Å². The van der Waals surface area contributed by atoms with Crippen molar-refractivity contribution < 1.29 is 8.96 Å². The van der Waals surface area contributed by atoms with Gasteiger partial charge < -0.3 is 0 Å². The third-order valence-corrected chi connectivity index (χ3v) is 5.30. The Labute approximate surface area is 143 Å². The topological polar surface area (TPSA) is 16.8 Å². The van der Waals surface area contributed by atoms with Crippen LogP contribution in [-0.2, 0) is 7.05 Å². The zero-order valence-corrected chi connectivity index (χ0v) is 14.3. The van der Waals surface area contributed by atoms with Crippen LogP contribution in [0.25, 0.3) is 32.0 Å². The van der Waals surface area contributed by atoms with Gasteiger partial charge in [-0.05, 0) is 42.8 Å². The fraction of sp³-hybridized carbons (Fsp3) is 0.100. The quantitative estimate of drug-likeness (QED) is 0.476. The average molecular weight is 335 g/mol. The Bertz CT molecular complexity index is 1040. The largest absolute Gasteiger partial charge is 0.236 e. The molecule has 0 atom stereocenters. The Morgan fingerprint density at radius 1 is 1.00 bits per heavy atom. The van der Waals surface area contributed by atoms with Crippen LogP contribution in [0.5, 0.6) is 0 Å². The number of hydrogen-bond acceptors (Lipinski definition) is 2. The van der Waals surface area contributed by atoms with Gasteiger partial charge in [0.25, 0.3) is 0 Å². The van der Waals surface area contributed by atoms with E-state index in [2.05, 4.69) is 42.8 Å². The Morgan fingerprint density at radius 3 is 2.50 bits per heavy atom. The SMILES string of the molecule is Cc1ccccc1-c1c2sc(-c3ccc(F)cc3)nc2cc[n+]1C. The third-order valence-electron chi connectivity index (χ3n) is 4.17. The molecule has 0 amide bonds. The van der Waals surface area contributed by atoms with Crippen molar-refractivity contribution in [2.75, 3.05) is 0 Å². The lowest BCUT2D eigenvalue weighted by Gasteiger charge is -2.04. The number of nitrogens with zero attached hydrogens (tertiary/aromatic N) is 2. The van der Waals surface area contributed by atoms with E-state index in [1.54, 1.807) is 23.5 Å². The molecule has 4 heteroatoms. The van der Waals surface area contributed by atoms with Crippen LogP contribution in [0.4, 0.5) is 4.39 Å². The molecule has 24 heavy (non-hydrogen) atoms. The maximum Gasteiger partial charge on any atom is 0.232 e. The van der Waals surface area contributed by atoms with E-state index in [0.717, 1.165) is 26.5 Å². The van der Waals surface area contributed by atoms with Crippen molar-refractivity contribution in [1.82, 2.24) is 4.98 Å². The van der Waals surface area contributed by atoms with Crippen LogP contribution in [0.3, 0.4) is 0 Å². The van der Waals surface area contributed by atoms with Crippen molar-refractivity contribution >= 4 is 21.6 Å². The minimum Gasteiger partial charge on any atom is -0.236 e. The number of hydrogen-bond donors (Lipinski definition) is 0. The number of aromatic nitrogens is 2. The summed E-state index contributed by atoms with van der Waals surface area (Å²) in [6.45, 7) is 2.12. The van der Waals surface area contributed by atoms with E-state index < -0.39 is 0 Å². The molecule has 118 valence electrons. The Balaban J connectivity index is 1.96. The van der Waals surface area contributed by atoms with E-state index in [0.29, 0.717) is 0 Å². The van der Waals surface area contributed by atoms with Gasteiger partial charge in [-0.2, -0.15) is 4.57 Å². The van der Waals surface area contributed by atoms with Gasteiger partial charge in [-0.25, -0.2) is 9.37 Å². The monoisotopic (exact) mass is 335 g/mol. The lowest BCUT2D eigenvalue weighted by atomic mass is 10.0. The maximum absolute atomic E-state index is 13.2. The van der Waals surface area contributed by atoms with E-state index in [4.69, 9.17) is 4.98 Å². The number of pyridine rings is 1. The van der Waals surface area contributed by atoms with Gasteiger partial charge in [0.1, 0.15) is 22.6 Å². The molecular formula is C20H16FN2S+. The maximum atomic E-state index is 13.2. The van der Waals surface area contributed by atoms with Crippen LogP contribution in [0.2, 0.25) is 0 Å². The van der Waals surface area contributed by atoms with E-state index >= 15 is 0 Å². The van der Waals surface area contributed by atoms with E-state index in [9.17, 15) is 4.39 Å². The molecular weight excluding hydrogens is 319 g/mol. The first-order chi connectivity index (χ1) is 11.6. The molecule has 0 bridgehead atoms. The third kappa shape index (κ3) is 2.49. The zero-order valence-electron chi connectivity index (χ0n) is 13.5. The van der Waals surface area contributed by atoms with Crippen molar-refractivity contribution in [2.45, 2.75) is 6.92 Å². The molecule has 2 aromatic carbocycles. The summed E-state index contributed by atoms with van der Waals surface area (Å²) in [5.41, 5.74) is 5.51. The molecule has 4 rings (SSSR count). The molecule has 0 saturated carbocycles. The van der Waals surface area contributed by atoms with E-state index in [1.807, 2.05) is 12.3 Å². The van der Waals surface area contributed by atoms with Crippen LogP contribution in [-0.4, -0.2) is 4.98 Å². The number of fused-ring (bicyclic) bond motifs is 1. The number of benzene rings is 2. The summed E-state index contributed by atoms with van der Waals surface area (Å²) in [6.07, 6.45) is 2.04. The second-order valence-corrected chi connectivity index (χ2v) is 6.83. The van der Waals surface area contributed by atoms with Crippen LogP contribution in [0, 0.1) is 12.7 Å². The molecule has 0 aliphatic heterocycles. The summed E-state index contributed by atoms with van der Waals surface area (Å²) in [5, 5.41) is 0.908. The molecule has 0 N–H and O–H groups in total. The zero-order chi connectivity index (χ0) is 16.7. The molecule has 0 radical (unpaired) electrons. The average Bonchev–Trinajstić information content (AvgIpc) is 3.01. The molecule has 0 spiro atoms. The molecule has 2 nitrogen and oxygen atoms in total. The normalized spacial score (nSPS) is 11.1. The number of halogens is 1. The number of thiazole rings is 1.